The minimum Gasteiger partial charge on any atom is -0.462 e. The largest absolute Gasteiger partial charge is 0.472 e. The summed E-state index contributed by atoms with van der Waals surface area (Å²) in [7, 11) is -9.90. The summed E-state index contributed by atoms with van der Waals surface area (Å²) in [5, 5.41) is 10.6. The van der Waals surface area contributed by atoms with Crippen LogP contribution < -0.4 is 0 Å². The zero-order chi connectivity index (χ0) is 71.9. The molecule has 98 heavy (non-hydrogen) atoms. The molecule has 0 aromatic carbocycles. The van der Waals surface area contributed by atoms with Gasteiger partial charge in [-0.1, -0.05) is 369 Å². The standard InChI is InChI=1S/C79H154O17P2/c1-6-9-12-15-17-19-21-22-23-24-25-26-27-31-34-37-41-44-48-53-58-63-77(82)90-69-75(96-79(84)65-60-55-50-46-42-38-35-32-29-28-30-33-36-40-43-47-52-56-61-72(4)5)71-94-98(87,88)92-67-73(80)66-91-97(85,86)93-70-74(68-89-76(81)62-57-51-14-11-8-3)95-78(83)64-59-54-49-45-39-20-18-16-13-10-7-2/h72-75,80H,6-71H2,1-5H3,(H,85,86)(H,87,88)/t73-,74+,75+/m0/s1. The fourth-order valence-electron chi connectivity index (χ4n) is 12.2. The maximum Gasteiger partial charge on any atom is 0.472 e. The van der Waals surface area contributed by atoms with Crippen LogP contribution in [0.2, 0.25) is 0 Å². The van der Waals surface area contributed by atoms with E-state index in [-0.39, 0.29) is 25.7 Å². The number of aliphatic hydroxyl groups is 1. The van der Waals surface area contributed by atoms with Crippen molar-refractivity contribution in [1.29, 1.82) is 0 Å². The Morgan fingerprint density at radius 1 is 0.276 bits per heavy atom. The van der Waals surface area contributed by atoms with Gasteiger partial charge in [0.25, 0.3) is 0 Å². The molecule has 3 N–H and O–H groups in total. The molecule has 0 aromatic heterocycles. The van der Waals surface area contributed by atoms with Gasteiger partial charge in [0.1, 0.15) is 19.3 Å². The molecule has 0 heterocycles. The number of hydrogen-bond acceptors (Lipinski definition) is 15. The first-order valence-corrected chi connectivity index (χ1v) is 44.1. The van der Waals surface area contributed by atoms with Crippen molar-refractivity contribution >= 4 is 39.5 Å². The van der Waals surface area contributed by atoms with Gasteiger partial charge >= 0.3 is 39.5 Å². The van der Waals surface area contributed by atoms with E-state index in [1.165, 1.54) is 238 Å². The molecule has 0 aromatic rings. The van der Waals surface area contributed by atoms with Crippen LogP contribution in [0.25, 0.3) is 0 Å². The highest BCUT2D eigenvalue weighted by Crippen LogP contribution is 2.45. The number of unbranched alkanes of at least 4 members (excludes halogenated alkanes) is 51. The van der Waals surface area contributed by atoms with Gasteiger partial charge in [-0.25, -0.2) is 9.13 Å². The number of aliphatic hydroxyl groups excluding tert-OH is 1. The minimum absolute atomic E-state index is 0.106. The third-order valence-electron chi connectivity index (χ3n) is 18.5. The average Bonchev–Trinajstić information content (AvgIpc) is 0.966. The molecule has 19 heteroatoms. The molecule has 0 aliphatic rings. The molecule has 0 aliphatic heterocycles. The molecule has 0 aliphatic carbocycles. The van der Waals surface area contributed by atoms with Gasteiger partial charge in [0.05, 0.1) is 26.4 Å². The Morgan fingerprint density at radius 3 is 0.694 bits per heavy atom. The maximum atomic E-state index is 13.1. The van der Waals surface area contributed by atoms with Crippen LogP contribution in [0.5, 0.6) is 0 Å². The summed E-state index contributed by atoms with van der Waals surface area (Å²) in [4.78, 5) is 72.6. The van der Waals surface area contributed by atoms with E-state index < -0.39 is 97.5 Å². The lowest BCUT2D eigenvalue weighted by atomic mass is 10.0. The van der Waals surface area contributed by atoms with Crippen molar-refractivity contribution in [3.05, 3.63) is 0 Å². The van der Waals surface area contributed by atoms with Crippen LogP contribution in [0.4, 0.5) is 0 Å². The second-order valence-electron chi connectivity index (χ2n) is 28.9. The average molecular weight is 1440 g/mol. The molecule has 2 unspecified atom stereocenters. The van der Waals surface area contributed by atoms with E-state index in [1.54, 1.807) is 0 Å². The van der Waals surface area contributed by atoms with Crippen LogP contribution in [0.15, 0.2) is 0 Å². The summed E-state index contributed by atoms with van der Waals surface area (Å²) in [5.41, 5.74) is 0. The van der Waals surface area contributed by atoms with Crippen molar-refractivity contribution < 1.29 is 80.2 Å². The van der Waals surface area contributed by atoms with Crippen LogP contribution in [-0.4, -0.2) is 96.7 Å². The zero-order valence-electron chi connectivity index (χ0n) is 63.9. The van der Waals surface area contributed by atoms with E-state index in [9.17, 15) is 43.2 Å². The van der Waals surface area contributed by atoms with E-state index in [2.05, 4.69) is 34.6 Å². The van der Waals surface area contributed by atoms with Gasteiger partial charge in [-0.3, -0.25) is 37.3 Å². The number of carbonyl (C=O) groups excluding carboxylic acids is 4. The van der Waals surface area contributed by atoms with Crippen LogP contribution in [0, 0.1) is 5.92 Å². The van der Waals surface area contributed by atoms with E-state index in [4.69, 9.17) is 37.0 Å². The third kappa shape index (κ3) is 72.4. The van der Waals surface area contributed by atoms with Crippen molar-refractivity contribution in [2.45, 2.75) is 438 Å². The Hall–Kier alpha value is -1.94. The lowest BCUT2D eigenvalue weighted by molar-refractivity contribution is -0.161. The highest BCUT2D eigenvalue weighted by molar-refractivity contribution is 7.47. The first kappa shape index (κ1) is 96.1. The Balaban J connectivity index is 5.09. The van der Waals surface area contributed by atoms with Gasteiger partial charge in [-0.2, -0.15) is 0 Å². The van der Waals surface area contributed by atoms with E-state index in [0.717, 1.165) is 102 Å². The number of phosphoric ester groups is 2. The van der Waals surface area contributed by atoms with Crippen LogP contribution in [-0.2, 0) is 65.4 Å². The smallest absolute Gasteiger partial charge is 0.462 e. The molecule has 17 nitrogen and oxygen atoms in total. The zero-order valence-corrected chi connectivity index (χ0v) is 65.7. The number of esters is 4. The molecule has 0 fully saturated rings. The first-order chi connectivity index (χ1) is 47.5. The maximum absolute atomic E-state index is 13.1. The van der Waals surface area contributed by atoms with Crippen molar-refractivity contribution in [2.24, 2.45) is 5.92 Å². The Bertz CT molecular complexity index is 1870. The van der Waals surface area contributed by atoms with Crippen molar-refractivity contribution in [3.8, 4) is 0 Å². The SMILES string of the molecule is CCCCCCCCCCCCCCCCCCCCCCCC(=O)OC[C@H](COP(=O)(O)OC[C@@H](O)COP(=O)(O)OC[C@@H](COC(=O)CCCCCCC)OC(=O)CCCCCCCCCCCCC)OC(=O)CCCCCCCCCCCCCCCCCCCCC(C)C. The van der Waals surface area contributed by atoms with E-state index >= 15 is 0 Å². The summed E-state index contributed by atoms with van der Waals surface area (Å²) in [6.45, 7) is 7.25. The molecule has 0 amide bonds. The number of phosphoric acid groups is 2. The summed E-state index contributed by atoms with van der Waals surface area (Å²) in [6, 6.07) is 0. The molecule has 582 valence electrons. The van der Waals surface area contributed by atoms with Crippen molar-refractivity contribution in [2.75, 3.05) is 39.6 Å². The van der Waals surface area contributed by atoms with Crippen molar-refractivity contribution in [3.63, 3.8) is 0 Å². The van der Waals surface area contributed by atoms with E-state index in [0.29, 0.717) is 25.7 Å². The van der Waals surface area contributed by atoms with Gasteiger partial charge in [-0.15, -0.1) is 0 Å². The number of rotatable bonds is 79. The molecule has 0 bridgehead atoms. The predicted molar refractivity (Wildman–Crippen MR) is 400 cm³/mol. The lowest BCUT2D eigenvalue weighted by Crippen LogP contribution is -2.30. The van der Waals surface area contributed by atoms with E-state index in [1.807, 2.05) is 0 Å². The van der Waals surface area contributed by atoms with Gasteiger partial charge in [0.15, 0.2) is 12.2 Å². The van der Waals surface area contributed by atoms with Gasteiger partial charge in [0.2, 0.25) is 0 Å². The fourth-order valence-corrected chi connectivity index (χ4v) is 13.8. The number of hydrogen-bond donors (Lipinski definition) is 3. The van der Waals surface area contributed by atoms with Gasteiger partial charge < -0.3 is 33.8 Å². The second kappa shape index (κ2) is 72.0. The Kier molecular flexibility index (Phi) is 70.6. The monoisotopic (exact) mass is 1440 g/mol. The van der Waals surface area contributed by atoms with Crippen LogP contribution in [0.3, 0.4) is 0 Å². The summed E-state index contributed by atoms with van der Waals surface area (Å²) in [6.07, 6.45) is 63.1. The molecule has 0 radical (unpaired) electrons. The molecule has 5 atom stereocenters. The van der Waals surface area contributed by atoms with Gasteiger partial charge in [-0.05, 0) is 31.6 Å². The Morgan fingerprint density at radius 2 is 0.469 bits per heavy atom. The van der Waals surface area contributed by atoms with Crippen molar-refractivity contribution in [1.82, 2.24) is 0 Å². The quantitative estimate of drug-likeness (QED) is 0.0222. The summed E-state index contributed by atoms with van der Waals surface area (Å²) < 4.78 is 68.3. The Labute approximate surface area is 600 Å². The minimum atomic E-state index is -4.96. The first-order valence-electron chi connectivity index (χ1n) is 41.1. The molecule has 0 saturated heterocycles. The number of ether oxygens (including phenoxy) is 4. The molecule has 0 spiro atoms. The molecule has 0 rings (SSSR count). The topological polar surface area (TPSA) is 237 Å². The summed E-state index contributed by atoms with van der Waals surface area (Å²) in [5.74, 6) is -1.30. The fraction of sp³-hybridized carbons (Fsp3) is 0.949. The lowest BCUT2D eigenvalue weighted by Gasteiger charge is -2.21. The number of carbonyl (C=O) groups is 4. The molecule has 0 saturated carbocycles. The second-order valence-corrected chi connectivity index (χ2v) is 31.8. The molecular weight excluding hydrogens is 1280 g/mol. The normalized spacial score (nSPS) is 13.9. The van der Waals surface area contributed by atoms with Crippen LogP contribution >= 0.6 is 15.6 Å². The summed E-state index contributed by atoms with van der Waals surface area (Å²) >= 11 is 0. The highest BCUT2D eigenvalue weighted by Gasteiger charge is 2.30. The van der Waals surface area contributed by atoms with Crippen LogP contribution in [0.1, 0.15) is 420 Å². The highest BCUT2D eigenvalue weighted by atomic mass is 31.2. The molecular formula is C79H154O17P2. The third-order valence-corrected chi connectivity index (χ3v) is 20.4. The van der Waals surface area contributed by atoms with Gasteiger partial charge in [0, 0.05) is 25.7 Å². The predicted octanol–water partition coefficient (Wildman–Crippen LogP) is 23.6.